The summed E-state index contributed by atoms with van der Waals surface area (Å²) in [6.45, 7) is 6.62. The van der Waals surface area contributed by atoms with Gasteiger partial charge in [0.1, 0.15) is 6.04 Å². The maximum atomic E-state index is 11.1. The Hall–Kier alpha value is -1.75. The van der Waals surface area contributed by atoms with E-state index in [2.05, 4.69) is 5.32 Å². The number of nitrogens with one attached hydrogen (secondary N) is 1. The third-order valence-corrected chi connectivity index (χ3v) is 2.65. The van der Waals surface area contributed by atoms with Crippen LogP contribution in [-0.2, 0) is 4.79 Å². The lowest BCUT2D eigenvalue weighted by molar-refractivity contribution is -0.140. The fraction of sp³-hybridized carbons (Fsp3) is 0.533. The predicted molar refractivity (Wildman–Crippen MR) is 77.4 cm³/mol. The van der Waals surface area contributed by atoms with Gasteiger partial charge in [-0.15, -0.1) is 0 Å². The van der Waals surface area contributed by atoms with E-state index in [1.165, 1.54) is 0 Å². The van der Waals surface area contributed by atoms with Crippen molar-refractivity contribution < 1.29 is 19.4 Å². The van der Waals surface area contributed by atoms with Gasteiger partial charge in [-0.25, -0.2) is 0 Å². The molecule has 0 aliphatic carbocycles. The maximum absolute atomic E-state index is 11.1. The first kappa shape index (κ1) is 16.3. The van der Waals surface area contributed by atoms with Crippen molar-refractivity contribution >= 4 is 5.97 Å². The molecule has 5 nitrogen and oxygen atoms in total. The summed E-state index contributed by atoms with van der Waals surface area (Å²) >= 11 is 0. The standard InChI is InChI=1S/C15H23NO4/c1-4-19-13-7-5-6-8-14(13)20-10-9-12(15(17)18)16-11(2)3/h5-8,11-12,16H,4,9-10H2,1-3H3,(H,17,18). The number of ether oxygens (including phenoxy) is 2. The quantitative estimate of drug-likeness (QED) is 0.727. The van der Waals surface area contributed by atoms with Gasteiger partial charge < -0.3 is 19.9 Å². The summed E-state index contributed by atoms with van der Waals surface area (Å²) in [5.41, 5.74) is 0. The lowest BCUT2D eigenvalue weighted by atomic mass is 10.2. The van der Waals surface area contributed by atoms with Crippen molar-refractivity contribution in [3.63, 3.8) is 0 Å². The minimum Gasteiger partial charge on any atom is -0.490 e. The average molecular weight is 281 g/mol. The Bertz CT molecular complexity index is 420. The molecule has 1 aromatic carbocycles. The van der Waals surface area contributed by atoms with Crippen molar-refractivity contribution in [3.05, 3.63) is 24.3 Å². The van der Waals surface area contributed by atoms with E-state index >= 15 is 0 Å². The number of carboxylic acids is 1. The van der Waals surface area contributed by atoms with Gasteiger partial charge in [0.2, 0.25) is 0 Å². The van der Waals surface area contributed by atoms with E-state index in [9.17, 15) is 4.79 Å². The van der Waals surface area contributed by atoms with Gasteiger partial charge in [0.15, 0.2) is 11.5 Å². The van der Waals surface area contributed by atoms with Crippen molar-refractivity contribution in [3.8, 4) is 11.5 Å². The summed E-state index contributed by atoms with van der Waals surface area (Å²) in [5.74, 6) is 0.460. The molecular weight excluding hydrogens is 258 g/mol. The van der Waals surface area contributed by atoms with Crippen LogP contribution in [0.3, 0.4) is 0 Å². The molecule has 0 aliphatic rings. The van der Waals surface area contributed by atoms with Crippen LogP contribution in [0, 0.1) is 0 Å². The zero-order valence-corrected chi connectivity index (χ0v) is 12.3. The number of carboxylic acid groups (broad SMARTS) is 1. The van der Waals surface area contributed by atoms with Crippen molar-refractivity contribution in [1.29, 1.82) is 0 Å². The number of rotatable bonds is 9. The highest BCUT2D eigenvalue weighted by Gasteiger charge is 2.18. The van der Waals surface area contributed by atoms with Gasteiger partial charge in [-0.3, -0.25) is 4.79 Å². The molecule has 1 rings (SSSR count). The molecule has 0 bridgehead atoms. The number of hydrogen-bond acceptors (Lipinski definition) is 4. The van der Waals surface area contributed by atoms with E-state index in [0.717, 1.165) is 0 Å². The van der Waals surface area contributed by atoms with Crippen molar-refractivity contribution in [2.75, 3.05) is 13.2 Å². The molecule has 0 saturated heterocycles. The van der Waals surface area contributed by atoms with E-state index in [1.807, 2.05) is 45.0 Å². The van der Waals surface area contributed by atoms with Crippen LogP contribution >= 0.6 is 0 Å². The predicted octanol–water partition coefficient (Wildman–Crippen LogP) is 2.31. The second kappa shape index (κ2) is 8.43. The zero-order valence-electron chi connectivity index (χ0n) is 12.3. The molecule has 1 aromatic rings. The van der Waals surface area contributed by atoms with Crippen LogP contribution in [0.15, 0.2) is 24.3 Å². The minimum atomic E-state index is -0.861. The lowest BCUT2D eigenvalue weighted by Crippen LogP contribution is -2.41. The highest BCUT2D eigenvalue weighted by Crippen LogP contribution is 2.26. The Morgan fingerprint density at radius 1 is 1.25 bits per heavy atom. The first-order valence-corrected chi connectivity index (χ1v) is 6.88. The van der Waals surface area contributed by atoms with E-state index in [-0.39, 0.29) is 6.04 Å². The third kappa shape index (κ3) is 5.48. The summed E-state index contributed by atoms with van der Waals surface area (Å²) in [6, 6.07) is 6.90. The number of para-hydroxylation sites is 2. The highest BCUT2D eigenvalue weighted by atomic mass is 16.5. The van der Waals surface area contributed by atoms with Gasteiger partial charge in [0.05, 0.1) is 13.2 Å². The van der Waals surface area contributed by atoms with Gasteiger partial charge >= 0.3 is 5.97 Å². The van der Waals surface area contributed by atoms with E-state index in [1.54, 1.807) is 0 Å². The Labute approximate surface area is 119 Å². The maximum Gasteiger partial charge on any atom is 0.320 e. The molecule has 0 heterocycles. The van der Waals surface area contributed by atoms with E-state index in [4.69, 9.17) is 14.6 Å². The molecule has 112 valence electrons. The van der Waals surface area contributed by atoms with Crippen LogP contribution < -0.4 is 14.8 Å². The summed E-state index contributed by atoms with van der Waals surface area (Å²) in [4.78, 5) is 11.1. The molecule has 0 spiro atoms. The molecule has 0 radical (unpaired) electrons. The minimum absolute atomic E-state index is 0.117. The monoisotopic (exact) mass is 281 g/mol. The third-order valence-electron chi connectivity index (χ3n) is 2.65. The SMILES string of the molecule is CCOc1ccccc1OCCC(NC(C)C)C(=O)O. The Balaban J connectivity index is 2.52. The van der Waals surface area contributed by atoms with Crippen LogP contribution in [-0.4, -0.2) is 36.4 Å². The van der Waals surface area contributed by atoms with Crippen LogP contribution in [0.25, 0.3) is 0 Å². The molecule has 2 N–H and O–H groups in total. The molecule has 20 heavy (non-hydrogen) atoms. The lowest BCUT2D eigenvalue weighted by Gasteiger charge is -2.18. The van der Waals surface area contributed by atoms with Gasteiger partial charge in [-0.05, 0) is 19.1 Å². The van der Waals surface area contributed by atoms with E-state index < -0.39 is 12.0 Å². The van der Waals surface area contributed by atoms with Crippen molar-refractivity contribution in [1.82, 2.24) is 5.32 Å². The Morgan fingerprint density at radius 2 is 1.85 bits per heavy atom. The van der Waals surface area contributed by atoms with E-state index in [0.29, 0.717) is 31.1 Å². The molecule has 0 aliphatic heterocycles. The Morgan fingerprint density at radius 3 is 2.35 bits per heavy atom. The average Bonchev–Trinajstić information content (AvgIpc) is 2.39. The second-order valence-electron chi connectivity index (χ2n) is 4.73. The van der Waals surface area contributed by atoms with Gasteiger partial charge in [-0.2, -0.15) is 0 Å². The number of aliphatic carboxylic acids is 1. The first-order valence-electron chi connectivity index (χ1n) is 6.88. The molecule has 5 heteroatoms. The van der Waals surface area contributed by atoms with Gasteiger partial charge in [-0.1, -0.05) is 26.0 Å². The van der Waals surface area contributed by atoms with Crippen LogP contribution in [0.5, 0.6) is 11.5 Å². The Kier molecular flexibility index (Phi) is 6.87. The summed E-state index contributed by atoms with van der Waals surface area (Å²) in [5, 5.41) is 12.1. The number of carbonyl (C=O) groups is 1. The molecule has 0 amide bonds. The van der Waals surface area contributed by atoms with Crippen LogP contribution in [0.1, 0.15) is 27.2 Å². The van der Waals surface area contributed by atoms with Gasteiger partial charge in [0.25, 0.3) is 0 Å². The highest BCUT2D eigenvalue weighted by molar-refractivity contribution is 5.73. The first-order chi connectivity index (χ1) is 9.54. The largest absolute Gasteiger partial charge is 0.490 e. The molecule has 0 saturated carbocycles. The molecule has 1 unspecified atom stereocenters. The van der Waals surface area contributed by atoms with Crippen LogP contribution in [0.4, 0.5) is 0 Å². The van der Waals surface area contributed by atoms with Crippen LogP contribution in [0.2, 0.25) is 0 Å². The zero-order chi connectivity index (χ0) is 15.0. The number of benzene rings is 1. The molecule has 0 aromatic heterocycles. The fourth-order valence-electron chi connectivity index (χ4n) is 1.81. The topological polar surface area (TPSA) is 67.8 Å². The van der Waals surface area contributed by atoms with Gasteiger partial charge in [0, 0.05) is 12.5 Å². The summed E-state index contributed by atoms with van der Waals surface area (Å²) in [6.07, 6.45) is 0.397. The smallest absolute Gasteiger partial charge is 0.320 e. The number of hydrogen-bond donors (Lipinski definition) is 2. The summed E-state index contributed by atoms with van der Waals surface area (Å²) < 4.78 is 11.1. The molecule has 0 fully saturated rings. The fourth-order valence-corrected chi connectivity index (χ4v) is 1.81. The second-order valence-corrected chi connectivity index (χ2v) is 4.73. The summed E-state index contributed by atoms with van der Waals surface area (Å²) in [7, 11) is 0. The van der Waals surface area contributed by atoms with Crippen molar-refractivity contribution in [2.45, 2.75) is 39.3 Å². The van der Waals surface area contributed by atoms with Crippen molar-refractivity contribution in [2.24, 2.45) is 0 Å². The molecular formula is C15H23NO4. The molecule has 1 atom stereocenters. The normalized spacial score (nSPS) is 12.2.